The highest BCUT2D eigenvalue weighted by Crippen LogP contribution is 2.31. The monoisotopic (exact) mass is 306 g/mol. The molecule has 1 aliphatic carbocycles. The first-order valence-corrected chi connectivity index (χ1v) is 7.54. The fourth-order valence-corrected chi connectivity index (χ4v) is 3.10. The average molecular weight is 306 g/mol. The van der Waals surface area contributed by atoms with Gasteiger partial charge in [-0.2, -0.15) is 0 Å². The van der Waals surface area contributed by atoms with Gasteiger partial charge in [-0.05, 0) is 48.7 Å². The Morgan fingerprint density at radius 1 is 1.17 bits per heavy atom. The Kier molecular flexibility index (Phi) is 3.87. The predicted octanol–water partition coefficient (Wildman–Crippen LogP) is 3.91. The van der Waals surface area contributed by atoms with E-state index in [0.29, 0.717) is 23.1 Å². The second kappa shape index (κ2) is 5.84. The molecule has 1 aliphatic rings. The number of methoxy groups -OCH3 is 1. The van der Waals surface area contributed by atoms with Crippen molar-refractivity contribution in [3.8, 4) is 0 Å². The van der Waals surface area contributed by atoms with E-state index in [2.05, 4.69) is 6.07 Å². The van der Waals surface area contributed by atoms with Crippen molar-refractivity contribution in [3.63, 3.8) is 0 Å². The molecular formula is C20H18O3. The van der Waals surface area contributed by atoms with Crippen molar-refractivity contribution in [2.45, 2.75) is 20.3 Å². The van der Waals surface area contributed by atoms with E-state index < -0.39 is 5.97 Å². The number of ketones is 1. The maximum atomic E-state index is 12.7. The van der Waals surface area contributed by atoms with Gasteiger partial charge in [0.1, 0.15) is 0 Å². The molecular weight excluding hydrogens is 288 g/mol. The molecule has 0 N–H and O–H groups in total. The number of ether oxygens (including phenoxy) is 1. The van der Waals surface area contributed by atoms with Crippen LogP contribution in [0.25, 0.3) is 6.08 Å². The third-order valence-corrected chi connectivity index (χ3v) is 4.22. The fourth-order valence-electron chi connectivity index (χ4n) is 3.10. The van der Waals surface area contributed by atoms with Crippen molar-refractivity contribution in [2.24, 2.45) is 0 Å². The smallest absolute Gasteiger partial charge is 0.338 e. The molecule has 2 aromatic carbocycles. The van der Waals surface area contributed by atoms with Gasteiger partial charge in [0, 0.05) is 17.6 Å². The van der Waals surface area contributed by atoms with Crippen LogP contribution in [-0.4, -0.2) is 18.9 Å². The Morgan fingerprint density at radius 3 is 2.65 bits per heavy atom. The molecule has 0 bridgehead atoms. The number of fused-ring (bicyclic) bond motifs is 1. The zero-order chi connectivity index (χ0) is 16.6. The highest BCUT2D eigenvalue weighted by atomic mass is 16.5. The van der Waals surface area contributed by atoms with Crippen molar-refractivity contribution in [1.82, 2.24) is 0 Å². The molecule has 3 nitrogen and oxygen atoms in total. The first-order chi connectivity index (χ1) is 11.0. The number of aryl methyl sites for hydroxylation is 2. The van der Waals surface area contributed by atoms with E-state index in [9.17, 15) is 9.59 Å². The van der Waals surface area contributed by atoms with E-state index in [0.717, 1.165) is 22.3 Å². The molecule has 0 saturated heterocycles. The van der Waals surface area contributed by atoms with Crippen LogP contribution in [0.15, 0.2) is 42.0 Å². The number of Topliss-reactive ketones (excluding diaryl/α,β-unsaturated/α-hetero) is 1. The van der Waals surface area contributed by atoms with Crippen molar-refractivity contribution < 1.29 is 14.3 Å². The van der Waals surface area contributed by atoms with Crippen LogP contribution in [0.1, 0.15) is 43.0 Å². The Bertz CT molecular complexity index is 844. The molecule has 23 heavy (non-hydrogen) atoms. The zero-order valence-corrected chi connectivity index (χ0v) is 13.5. The van der Waals surface area contributed by atoms with E-state index in [-0.39, 0.29) is 5.78 Å². The van der Waals surface area contributed by atoms with Crippen LogP contribution in [-0.2, 0) is 11.2 Å². The molecule has 0 fully saturated rings. The highest BCUT2D eigenvalue weighted by molar-refractivity contribution is 6.16. The summed E-state index contributed by atoms with van der Waals surface area (Å²) in [5.41, 5.74) is 5.99. The van der Waals surface area contributed by atoms with Gasteiger partial charge in [-0.15, -0.1) is 0 Å². The second-order valence-electron chi connectivity index (χ2n) is 5.86. The minimum Gasteiger partial charge on any atom is -0.465 e. The van der Waals surface area contributed by atoms with Crippen LogP contribution >= 0.6 is 0 Å². The zero-order valence-electron chi connectivity index (χ0n) is 13.5. The first kappa shape index (κ1) is 15.2. The topological polar surface area (TPSA) is 43.4 Å². The van der Waals surface area contributed by atoms with Crippen LogP contribution in [0.2, 0.25) is 0 Å². The van der Waals surface area contributed by atoms with Crippen molar-refractivity contribution >= 4 is 17.8 Å². The molecule has 0 atom stereocenters. The summed E-state index contributed by atoms with van der Waals surface area (Å²) in [4.78, 5) is 24.5. The Hall–Kier alpha value is -2.68. The summed E-state index contributed by atoms with van der Waals surface area (Å²) in [7, 11) is 1.36. The van der Waals surface area contributed by atoms with E-state index in [1.54, 1.807) is 12.1 Å². The molecule has 116 valence electrons. The van der Waals surface area contributed by atoms with Crippen molar-refractivity contribution in [1.29, 1.82) is 0 Å². The summed E-state index contributed by atoms with van der Waals surface area (Å²) in [6.45, 7) is 4.03. The minimum absolute atomic E-state index is 0.0477. The Morgan fingerprint density at radius 2 is 1.91 bits per heavy atom. The van der Waals surface area contributed by atoms with Gasteiger partial charge in [0.15, 0.2) is 5.78 Å². The quantitative estimate of drug-likeness (QED) is 0.624. The van der Waals surface area contributed by atoms with Gasteiger partial charge in [-0.3, -0.25) is 4.79 Å². The summed E-state index contributed by atoms with van der Waals surface area (Å²) < 4.78 is 4.81. The number of allylic oxidation sites excluding steroid dienone is 1. The number of carbonyl (C=O) groups excluding carboxylic acids is 2. The molecule has 3 heteroatoms. The third-order valence-electron chi connectivity index (χ3n) is 4.22. The molecule has 0 radical (unpaired) electrons. The van der Waals surface area contributed by atoms with E-state index in [1.165, 1.54) is 7.11 Å². The van der Waals surface area contributed by atoms with Gasteiger partial charge >= 0.3 is 5.97 Å². The number of benzene rings is 2. The van der Waals surface area contributed by atoms with Crippen LogP contribution in [0, 0.1) is 13.8 Å². The number of rotatable bonds is 2. The van der Waals surface area contributed by atoms with Crippen LogP contribution in [0.4, 0.5) is 0 Å². The number of hydrogen-bond acceptors (Lipinski definition) is 3. The Balaban J connectivity index is 2.05. The lowest BCUT2D eigenvalue weighted by atomic mass is 10.0. The number of hydrogen-bond donors (Lipinski definition) is 0. The summed E-state index contributed by atoms with van der Waals surface area (Å²) in [5, 5.41) is 0. The number of carbonyl (C=O) groups is 2. The second-order valence-corrected chi connectivity index (χ2v) is 5.86. The molecule has 0 amide bonds. The molecule has 0 unspecified atom stereocenters. The van der Waals surface area contributed by atoms with Crippen LogP contribution in [0.5, 0.6) is 0 Å². The Labute approximate surface area is 135 Å². The lowest BCUT2D eigenvalue weighted by molar-refractivity contribution is 0.0600. The number of esters is 1. The van der Waals surface area contributed by atoms with Gasteiger partial charge in [0.05, 0.1) is 12.7 Å². The molecule has 0 spiro atoms. The van der Waals surface area contributed by atoms with Gasteiger partial charge in [0.2, 0.25) is 0 Å². The summed E-state index contributed by atoms with van der Waals surface area (Å²) >= 11 is 0. The van der Waals surface area contributed by atoms with Gasteiger partial charge in [0.25, 0.3) is 0 Å². The minimum atomic E-state index is -0.396. The average Bonchev–Trinajstić information content (AvgIpc) is 2.84. The largest absolute Gasteiger partial charge is 0.465 e. The van der Waals surface area contributed by atoms with Gasteiger partial charge in [-0.1, -0.05) is 29.8 Å². The highest BCUT2D eigenvalue weighted by Gasteiger charge is 2.26. The van der Waals surface area contributed by atoms with E-state index >= 15 is 0 Å². The van der Waals surface area contributed by atoms with Gasteiger partial charge < -0.3 is 4.74 Å². The van der Waals surface area contributed by atoms with Crippen molar-refractivity contribution in [3.05, 3.63) is 75.4 Å². The lowest BCUT2D eigenvalue weighted by Crippen LogP contribution is -2.04. The van der Waals surface area contributed by atoms with E-state index in [1.807, 2.05) is 38.1 Å². The first-order valence-electron chi connectivity index (χ1n) is 7.54. The lowest BCUT2D eigenvalue weighted by Gasteiger charge is -2.04. The van der Waals surface area contributed by atoms with Gasteiger partial charge in [-0.25, -0.2) is 4.79 Å². The fraction of sp³-hybridized carbons (Fsp3) is 0.200. The van der Waals surface area contributed by atoms with Crippen LogP contribution < -0.4 is 0 Å². The molecule has 2 aromatic rings. The molecule has 0 saturated carbocycles. The molecule has 0 aliphatic heterocycles. The SMILES string of the molecule is COC(=O)c1ccccc1/C=C1\Cc2c(C)cc(C)cc2C1=O. The normalized spacial score (nSPS) is 14.9. The molecule has 0 heterocycles. The van der Waals surface area contributed by atoms with E-state index in [4.69, 9.17) is 4.74 Å². The van der Waals surface area contributed by atoms with Crippen molar-refractivity contribution in [2.75, 3.05) is 7.11 Å². The summed E-state index contributed by atoms with van der Waals surface area (Å²) in [6.07, 6.45) is 2.42. The summed E-state index contributed by atoms with van der Waals surface area (Å²) in [5.74, 6) is -0.348. The summed E-state index contributed by atoms with van der Waals surface area (Å²) in [6, 6.07) is 11.2. The molecule has 0 aromatic heterocycles. The maximum absolute atomic E-state index is 12.7. The third kappa shape index (κ3) is 2.70. The predicted molar refractivity (Wildman–Crippen MR) is 89.7 cm³/mol. The molecule has 3 rings (SSSR count). The maximum Gasteiger partial charge on any atom is 0.338 e. The van der Waals surface area contributed by atoms with Crippen LogP contribution in [0.3, 0.4) is 0 Å². The standard InChI is InChI=1S/C20H18O3/c1-12-8-13(2)17-11-15(19(21)18(17)9-12)10-14-6-4-5-7-16(14)20(22)23-3/h4-10H,11H2,1-3H3/b15-10+.